The molecule has 126 valence electrons. The van der Waals surface area contributed by atoms with E-state index in [0.717, 1.165) is 0 Å². The SMILES string of the molecule is COc1ccc(Cl)cc1NC(=O)CC(C(=O)[O-])N1CCNCC1. The minimum atomic E-state index is -1.25. The van der Waals surface area contributed by atoms with Gasteiger partial charge < -0.3 is 25.3 Å². The molecule has 8 heteroatoms. The van der Waals surface area contributed by atoms with Gasteiger partial charge in [0.2, 0.25) is 5.91 Å². The topological polar surface area (TPSA) is 93.7 Å². The van der Waals surface area contributed by atoms with Crippen molar-refractivity contribution >= 4 is 29.2 Å². The molecule has 1 aliphatic rings. The number of carbonyl (C=O) groups is 2. The molecule has 2 N–H and O–H groups in total. The van der Waals surface area contributed by atoms with Crippen molar-refractivity contribution in [2.24, 2.45) is 0 Å². The summed E-state index contributed by atoms with van der Waals surface area (Å²) >= 11 is 5.91. The van der Waals surface area contributed by atoms with Gasteiger partial charge in [0, 0.05) is 37.6 Å². The predicted octanol–water partition coefficient (Wildman–Crippen LogP) is -0.299. The van der Waals surface area contributed by atoms with Crippen LogP contribution in [0.25, 0.3) is 0 Å². The van der Waals surface area contributed by atoms with Gasteiger partial charge in [0.1, 0.15) is 5.75 Å². The Hall–Kier alpha value is -1.83. The molecule has 2 rings (SSSR count). The molecular weight excluding hydrogens is 322 g/mol. The van der Waals surface area contributed by atoms with E-state index in [1.54, 1.807) is 23.1 Å². The van der Waals surface area contributed by atoms with E-state index in [-0.39, 0.29) is 6.42 Å². The molecule has 0 radical (unpaired) electrons. The summed E-state index contributed by atoms with van der Waals surface area (Å²) in [6, 6.07) is 3.87. The zero-order valence-electron chi connectivity index (χ0n) is 12.8. The second kappa shape index (κ2) is 8.14. The number of piperazine rings is 1. The number of carbonyl (C=O) groups excluding carboxylic acids is 2. The number of methoxy groups -OCH3 is 1. The monoisotopic (exact) mass is 340 g/mol. The highest BCUT2D eigenvalue weighted by Crippen LogP contribution is 2.27. The fraction of sp³-hybridized carbons (Fsp3) is 0.467. The van der Waals surface area contributed by atoms with Crippen molar-refractivity contribution in [1.29, 1.82) is 0 Å². The van der Waals surface area contributed by atoms with Crippen molar-refractivity contribution in [2.45, 2.75) is 12.5 Å². The van der Waals surface area contributed by atoms with E-state index in [2.05, 4.69) is 10.6 Å². The molecule has 1 atom stereocenters. The van der Waals surface area contributed by atoms with E-state index < -0.39 is 17.9 Å². The van der Waals surface area contributed by atoms with E-state index >= 15 is 0 Å². The van der Waals surface area contributed by atoms with Crippen molar-refractivity contribution < 1.29 is 19.4 Å². The van der Waals surface area contributed by atoms with Gasteiger partial charge in [-0.25, -0.2) is 0 Å². The van der Waals surface area contributed by atoms with Crippen molar-refractivity contribution in [1.82, 2.24) is 10.2 Å². The second-order valence-corrected chi connectivity index (χ2v) is 5.65. The highest BCUT2D eigenvalue weighted by Gasteiger charge is 2.24. The van der Waals surface area contributed by atoms with Crippen LogP contribution in [0.5, 0.6) is 5.75 Å². The van der Waals surface area contributed by atoms with E-state index in [0.29, 0.717) is 42.6 Å². The lowest BCUT2D eigenvalue weighted by molar-refractivity contribution is -0.312. The molecule has 1 heterocycles. The molecular formula is C15H19ClN3O4-. The number of hydrogen-bond donors (Lipinski definition) is 2. The number of nitrogens with one attached hydrogen (secondary N) is 2. The Kier molecular flexibility index (Phi) is 6.20. The third kappa shape index (κ3) is 4.82. The number of nitrogens with zero attached hydrogens (tertiary/aromatic N) is 1. The highest BCUT2D eigenvalue weighted by molar-refractivity contribution is 6.31. The molecule has 1 aliphatic heterocycles. The smallest absolute Gasteiger partial charge is 0.226 e. The number of carboxylic acids is 1. The van der Waals surface area contributed by atoms with Crippen LogP contribution in [0.2, 0.25) is 5.02 Å². The number of amides is 1. The van der Waals surface area contributed by atoms with E-state index in [1.165, 1.54) is 7.11 Å². The Morgan fingerprint density at radius 1 is 1.43 bits per heavy atom. The highest BCUT2D eigenvalue weighted by atomic mass is 35.5. The average molecular weight is 341 g/mol. The molecule has 0 aliphatic carbocycles. The van der Waals surface area contributed by atoms with Crippen LogP contribution in [-0.2, 0) is 9.59 Å². The lowest BCUT2D eigenvalue weighted by Gasteiger charge is -2.35. The summed E-state index contributed by atoms with van der Waals surface area (Å²) in [4.78, 5) is 25.3. The van der Waals surface area contributed by atoms with Gasteiger partial charge in [0.05, 0.1) is 24.8 Å². The molecule has 1 fully saturated rings. The summed E-state index contributed by atoms with van der Waals surface area (Å²) in [5.41, 5.74) is 0.405. The maximum absolute atomic E-state index is 12.2. The molecule has 1 unspecified atom stereocenters. The summed E-state index contributed by atoms with van der Waals surface area (Å²) in [6.45, 7) is 2.50. The quantitative estimate of drug-likeness (QED) is 0.738. The molecule has 23 heavy (non-hydrogen) atoms. The predicted molar refractivity (Wildman–Crippen MR) is 84.5 cm³/mol. The van der Waals surface area contributed by atoms with Gasteiger partial charge in [0.25, 0.3) is 0 Å². The van der Waals surface area contributed by atoms with E-state index in [4.69, 9.17) is 16.3 Å². The first-order valence-corrected chi connectivity index (χ1v) is 7.68. The van der Waals surface area contributed by atoms with Crippen LogP contribution in [0.15, 0.2) is 18.2 Å². The largest absolute Gasteiger partial charge is 0.548 e. The van der Waals surface area contributed by atoms with Gasteiger partial charge in [0.15, 0.2) is 0 Å². The Labute approximate surface area is 139 Å². The minimum absolute atomic E-state index is 0.196. The zero-order valence-corrected chi connectivity index (χ0v) is 13.6. The minimum Gasteiger partial charge on any atom is -0.548 e. The van der Waals surface area contributed by atoms with Crippen LogP contribution in [0, 0.1) is 0 Å². The molecule has 0 spiro atoms. The summed E-state index contributed by atoms with van der Waals surface area (Å²) < 4.78 is 5.15. The van der Waals surface area contributed by atoms with Crippen LogP contribution in [0.3, 0.4) is 0 Å². The third-order valence-corrected chi connectivity index (χ3v) is 3.91. The molecule has 0 bridgehead atoms. The number of hydrogen-bond acceptors (Lipinski definition) is 6. The molecule has 1 aromatic rings. The first-order valence-electron chi connectivity index (χ1n) is 7.30. The first kappa shape index (κ1) is 17.5. The third-order valence-electron chi connectivity index (χ3n) is 3.68. The van der Waals surface area contributed by atoms with Gasteiger partial charge in [-0.15, -0.1) is 0 Å². The number of anilines is 1. The maximum atomic E-state index is 12.2. The average Bonchev–Trinajstić information content (AvgIpc) is 2.53. The summed E-state index contributed by atoms with van der Waals surface area (Å²) in [5.74, 6) is -1.23. The molecule has 1 aromatic carbocycles. The lowest BCUT2D eigenvalue weighted by atomic mass is 10.1. The Morgan fingerprint density at radius 2 is 2.13 bits per heavy atom. The summed E-state index contributed by atoms with van der Waals surface area (Å²) in [6.07, 6.45) is -0.196. The molecule has 0 aromatic heterocycles. The standard InChI is InChI=1S/C15H20ClN3O4/c1-23-13-3-2-10(16)8-11(13)18-14(20)9-12(15(21)22)19-6-4-17-5-7-19/h2-3,8,12,17H,4-7,9H2,1H3,(H,18,20)(H,21,22)/p-1. The number of carboxylic acid groups (broad SMARTS) is 1. The number of rotatable bonds is 6. The van der Waals surface area contributed by atoms with Crippen molar-refractivity contribution in [3.05, 3.63) is 23.2 Å². The Morgan fingerprint density at radius 3 is 2.74 bits per heavy atom. The van der Waals surface area contributed by atoms with Crippen LogP contribution in [0.1, 0.15) is 6.42 Å². The fourth-order valence-corrected chi connectivity index (χ4v) is 2.68. The molecule has 1 amide bonds. The van der Waals surface area contributed by atoms with Gasteiger partial charge >= 0.3 is 0 Å². The van der Waals surface area contributed by atoms with Gasteiger partial charge in [-0.1, -0.05) is 11.6 Å². The molecule has 7 nitrogen and oxygen atoms in total. The fourth-order valence-electron chi connectivity index (χ4n) is 2.51. The van der Waals surface area contributed by atoms with Crippen LogP contribution in [-0.4, -0.2) is 56.1 Å². The zero-order chi connectivity index (χ0) is 16.8. The number of benzene rings is 1. The van der Waals surface area contributed by atoms with Crippen molar-refractivity contribution in [3.8, 4) is 5.75 Å². The lowest BCUT2D eigenvalue weighted by Crippen LogP contribution is -2.55. The van der Waals surface area contributed by atoms with E-state index in [9.17, 15) is 14.7 Å². The summed E-state index contributed by atoms with van der Waals surface area (Å²) in [5, 5.41) is 17.6. The van der Waals surface area contributed by atoms with Crippen molar-refractivity contribution in [2.75, 3.05) is 38.6 Å². The van der Waals surface area contributed by atoms with Crippen molar-refractivity contribution in [3.63, 3.8) is 0 Å². The normalized spacial score (nSPS) is 16.6. The number of ether oxygens (including phenoxy) is 1. The van der Waals surface area contributed by atoms with Crippen LogP contribution >= 0.6 is 11.6 Å². The van der Waals surface area contributed by atoms with Crippen LogP contribution in [0.4, 0.5) is 5.69 Å². The maximum Gasteiger partial charge on any atom is 0.226 e. The summed E-state index contributed by atoms with van der Waals surface area (Å²) in [7, 11) is 1.48. The van der Waals surface area contributed by atoms with E-state index in [1.807, 2.05) is 0 Å². The Bertz CT molecular complexity index is 576. The van der Waals surface area contributed by atoms with Gasteiger partial charge in [-0.2, -0.15) is 0 Å². The Balaban J connectivity index is 2.04. The number of halogens is 1. The van der Waals surface area contributed by atoms with Gasteiger partial charge in [-0.3, -0.25) is 9.69 Å². The molecule has 0 saturated carbocycles. The van der Waals surface area contributed by atoms with Gasteiger partial charge in [-0.05, 0) is 18.2 Å². The second-order valence-electron chi connectivity index (χ2n) is 5.22. The number of aliphatic carboxylic acids is 1. The molecule has 1 saturated heterocycles. The van der Waals surface area contributed by atoms with Crippen LogP contribution < -0.4 is 20.5 Å². The first-order chi connectivity index (χ1) is 11.0.